The Morgan fingerprint density at radius 3 is 2.31 bits per heavy atom. The van der Waals surface area contributed by atoms with Gasteiger partial charge in [-0.15, -0.1) is 0 Å². The Morgan fingerprint density at radius 2 is 1.92 bits per heavy atom. The van der Waals surface area contributed by atoms with Gasteiger partial charge in [-0.3, -0.25) is 0 Å². The molecule has 0 aliphatic rings. The number of hydrogen-bond donors (Lipinski definition) is 0. The third-order valence-corrected chi connectivity index (χ3v) is 3.91. The average molecular weight is 251 g/mol. The molecule has 0 rings (SSSR count). The van der Waals surface area contributed by atoms with Crippen molar-refractivity contribution < 1.29 is 4.74 Å². The van der Waals surface area contributed by atoms with Gasteiger partial charge >= 0.3 is 0 Å². The highest BCUT2D eigenvalue weighted by atomic mass is 79.9. The second-order valence-corrected chi connectivity index (χ2v) is 5.63. The van der Waals surface area contributed by atoms with Gasteiger partial charge in [0.1, 0.15) is 0 Å². The summed E-state index contributed by atoms with van der Waals surface area (Å²) in [7, 11) is 1.79. The first kappa shape index (κ1) is 13.4. The predicted octanol–water partition coefficient (Wildman–Crippen LogP) is 4.00. The minimum absolute atomic E-state index is 0.0131. The van der Waals surface area contributed by atoms with Crippen molar-refractivity contribution in [3.05, 3.63) is 0 Å². The molecular weight excluding hydrogens is 228 g/mol. The van der Waals surface area contributed by atoms with Gasteiger partial charge in [0.25, 0.3) is 0 Å². The molecule has 0 bridgehead atoms. The average Bonchev–Trinajstić information content (AvgIpc) is 2.04. The Bertz CT molecular complexity index is 134. The molecule has 0 aromatic carbocycles. The molecule has 0 saturated heterocycles. The van der Waals surface area contributed by atoms with Crippen LogP contribution in [0.1, 0.15) is 47.0 Å². The first-order chi connectivity index (χ1) is 5.93. The SMILES string of the molecule is CCCC(Br)C(C)CC(C)(C)OC. The van der Waals surface area contributed by atoms with Crippen molar-refractivity contribution in [1.82, 2.24) is 0 Å². The van der Waals surface area contributed by atoms with E-state index in [4.69, 9.17) is 4.74 Å². The van der Waals surface area contributed by atoms with E-state index in [-0.39, 0.29) is 5.60 Å². The highest BCUT2D eigenvalue weighted by Crippen LogP contribution is 2.27. The van der Waals surface area contributed by atoms with E-state index in [1.54, 1.807) is 7.11 Å². The highest BCUT2D eigenvalue weighted by molar-refractivity contribution is 9.09. The minimum Gasteiger partial charge on any atom is -0.379 e. The van der Waals surface area contributed by atoms with E-state index in [0.717, 1.165) is 6.42 Å². The molecule has 0 heterocycles. The van der Waals surface area contributed by atoms with E-state index in [1.165, 1.54) is 12.8 Å². The molecular formula is C11H23BrO. The molecule has 0 aromatic heterocycles. The Labute approximate surface area is 91.4 Å². The molecule has 13 heavy (non-hydrogen) atoms. The topological polar surface area (TPSA) is 9.23 Å². The van der Waals surface area contributed by atoms with Crippen LogP contribution in [-0.2, 0) is 4.74 Å². The largest absolute Gasteiger partial charge is 0.379 e. The van der Waals surface area contributed by atoms with Gasteiger partial charge in [-0.25, -0.2) is 0 Å². The number of alkyl halides is 1. The maximum Gasteiger partial charge on any atom is 0.0625 e. The zero-order valence-electron chi connectivity index (χ0n) is 9.56. The van der Waals surface area contributed by atoms with Crippen LogP contribution in [0.15, 0.2) is 0 Å². The van der Waals surface area contributed by atoms with Crippen molar-refractivity contribution >= 4 is 15.9 Å². The number of rotatable bonds is 6. The van der Waals surface area contributed by atoms with Crippen LogP contribution in [0, 0.1) is 5.92 Å². The van der Waals surface area contributed by atoms with Gasteiger partial charge in [0.05, 0.1) is 5.60 Å². The summed E-state index contributed by atoms with van der Waals surface area (Å²) >= 11 is 3.73. The minimum atomic E-state index is 0.0131. The summed E-state index contributed by atoms with van der Waals surface area (Å²) in [5.41, 5.74) is 0.0131. The first-order valence-electron chi connectivity index (χ1n) is 5.12. The number of methoxy groups -OCH3 is 1. The van der Waals surface area contributed by atoms with Crippen LogP contribution in [0.3, 0.4) is 0 Å². The molecule has 0 spiro atoms. The van der Waals surface area contributed by atoms with Gasteiger partial charge in [-0.05, 0) is 32.6 Å². The van der Waals surface area contributed by atoms with E-state index in [0.29, 0.717) is 10.7 Å². The van der Waals surface area contributed by atoms with Gasteiger partial charge in [0.2, 0.25) is 0 Å². The molecule has 0 aliphatic heterocycles. The van der Waals surface area contributed by atoms with Gasteiger partial charge < -0.3 is 4.74 Å². The zero-order chi connectivity index (χ0) is 10.5. The summed E-state index contributed by atoms with van der Waals surface area (Å²) in [6, 6.07) is 0. The van der Waals surface area contributed by atoms with Crippen molar-refractivity contribution in [3.63, 3.8) is 0 Å². The third kappa shape index (κ3) is 5.69. The van der Waals surface area contributed by atoms with Crippen LogP contribution in [0.2, 0.25) is 0 Å². The molecule has 0 radical (unpaired) electrons. The summed E-state index contributed by atoms with van der Waals surface area (Å²) in [4.78, 5) is 0.631. The molecule has 0 saturated carbocycles. The Hall–Kier alpha value is 0.440. The van der Waals surface area contributed by atoms with Crippen molar-refractivity contribution in [2.75, 3.05) is 7.11 Å². The van der Waals surface area contributed by atoms with Crippen LogP contribution in [-0.4, -0.2) is 17.5 Å². The number of hydrogen-bond acceptors (Lipinski definition) is 1. The van der Waals surface area contributed by atoms with E-state index < -0.39 is 0 Å². The Kier molecular flexibility index (Phi) is 6.23. The molecule has 80 valence electrons. The zero-order valence-corrected chi connectivity index (χ0v) is 11.1. The molecule has 0 fully saturated rings. The number of ether oxygens (including phenoxy) is 1. The molecule has 2 unspecified atom stereocenters. The standard InChI is InChI=1S/C11H23BrO/c1-6-7-10(12)9(2)8-11(3,4)13-5/h9-10H,6-8H2,1-5H3. The van der Waals surface area contributed by atoms with Crippen molar-refractivity contribution in [3.8, 4) is 0 Å². The van der Waals surface area contributed by atoms with Gasteiger partial charge in [-0.2, -0.15) is 0 Å². The molecule has 0 N–H and O–H groups in total. The van der Waals surface area contributed by atoms with E-state index in [1.807, 2.05) is 0 Å². The molecule has 0 amide bonds. The van der Waals surface area contributed by atoms with Gasteiger partial charge in [0, 0.05) is 11.9 Å². The van der Waals surface area contributed by atoms with Crippen LogP contribution in [0.5, 0.6) is 0 Å². The molecule has 2 heteroatoms. The van der Waals surface area contributed by atoms with Crippen LogP contribution < -0.4 is 0 Å². The second-order valence-electron chi connectivity index (χ2n) is 4.45. The lowest BCUT2D eigenvalue weighted by Crippen LogP contribution is -2.28. The van der Waals surface area contributed by atoms with Crippen molar-refractivity contribution in [2.24, 2.45) is 5.92 Å². The van der Waals surface area contributed by atoms with Gasteiger partial charge in [-0.1, -0.05) is 36.2 Å². The van der Waals surface area contributed by atoms with Crippen LogP contribution in [0.25, 0.3) is 0 Å². The van der Waals surface area contributed by atoms with E-state index >= 15 is 0 Å². The molecule has 2 atom stereocenters. The van der Waals surface area contributed by atoms with E-state index in [9.17, 15) is 0 Å². The van der Waals surface area contributed by atoms with Crippen molar-refractivity contribution in [2.45, 2.75) is 57.4 Å². The lowest BCUT2D eigenvalue weighted by molar-refractivity contribution is 0.00365. The van der Waals surface area contributed by atoms with Crippen LogP contribution in [0.4, 0.5) is 0 Å². The maximum atomic E-state index is 5.42. The fraction of sp³-hybridized carbons (Fsp3) is 1.00. The molecule has 1 nitrogen and oxygen atoms in total. The fourth-order valence-corrected chi connectivity index (χ4v) is 2.19. The summed E-state index contributed by atoms with van der Waals surface area (Å²) in [5.74, 6) is 0.676. The quantitative estimate of drug-likeness (QED) is 0.648. The second kappa shape index (κ2) is 6.02. The first-order valence-corrected chi connectivity index (χ1v) is 6.03. The Balaban J connectivity index is 3.91. The lowest BCUT2D eigenvalue weighted by atomic mass is 9.91. The summed E-state index contributed by atoms with van der Waals surface area (Å²) in [5, 5.41) is 0. The fourth-order valence-electron chi connectivity index (χ4n) is 1.55. The monoisotopic (exact) mass is 250 g/mol. The summed E-state index contributed by atoms with van der Waals surface area (Å²) in [6.07, 6.45) is 3.61. The normalized spacial score (nSPS) is 17.1. The maximum absolute atomic E-state index is 5.42. The van der Waals surface area contributed by atoms with E-state index in [2.05, 4.69) is 43.6 Å². The van der Waals surface area contributed by atoms with Crippen LogP contribution >= 0.6 is 15.9 Å². The number of halogens is 1. The lowest BCUT2D eigenvalue weighted by Gasteiger charge is -2.29. The van der Waals surface area contributed by atoms with Gasteiger partial charge in [0.15, 0.2) is 0 Å². The third-order valence-electron chi connectivity index (χ3n) is 2.55. The summed E-state index contributed by atoms with van der Waals surface area (Å²) < 4.78 is 5.42. The summed E-state index contributed by atoms with van der Waals surface area (Å²) in [6.45, 7) is 8.81. The molecule has 0 aromatic rings. The smallest absolute Gasteiger partial charge is 0.0625 e. The molecule has 0 aliphatic carbocycles. The predicted molar refractivity (Wildman–Crippen MR) is 62.5 cm³/mol. The Morgan fingerprint density at radius 1 is 1.38 bits per heavy atom. The van der Waals surface area contributed by atoms with Crippen molar-refractivity contribution in [1.29, 1.82) is 0 Å². The highest BCUT2D eigenvalue weighted by Gasteiger charge is 2.23.